The Hall–Kier alpha value is -0.290. The van der Waals surface area contributed by atoms with Gasteiger partial charge in [-0.25, -0.2) is 9.37 Å². The van der Waals surface area contributed by atoms with Crippen LogP contribution in [0.15, 0.2) is 16.7 Å². The summed E-state index contributed by atoms with van der Waals surface area (Å²) in [6, 6.07) is 1.80. The van der Waals surface area contributed by atoms with E-state index in [1.54, 1.807) is 6.20 Å². The van der Waals surface area contributed by atoms with Crippen LogP contribution in [0.4, 0.5) is 10.2 Å². The van der Waals surface area contributed by atoms with Gasteiger partial charge in [-0.1, -0.05) is 6.42 Å². The number of nitrogens with one attached hydrogen (secondary N) is 1. The third kappa shape index (κ3) is 3.58. The summed E-state index contributed by atoms with van der Waals surface area (Å²) < 4.78 is 14.3. The van der Waals surface area contributed by atoms with E-state index in [1.807, 2.05) is 11.8 Å². The molecule has 1 fully saturated rings. The molecule has 1 aromatic rings. The molecule has 94 valence electrons. The van der Waals surface area contributed by atoms with Crippen LogP contribution in [0.3, 0.4) is 0 Å². The number of halogens is 2. The number of nitrogens with zero attached hydrogens (tertiary/aromatic N) is 1. The lowest BCUT2D eigenvalue weighted by Gasteiger charge is -2.29. The number of hydrogen-bond acceptors (Lipinski definition) is 3. The molecule has 0 spiro atoms. The maximum Gasteiger partial charge on any atom is 0.166 e. The fourth-order valence-corrected chi connectivity index (χ4v) is 3.33. The van der Waals surface area contributed by atoms with Gasteiger partial charge in [0.2, 0.25) is 0 Å². The van der Waals surface area contributed by atoms with Crippen molar-refractivity contribution in [3.8, 4) is 0 Å². The van der Waals surface area contributed by atoms with Gasteiger partial charge in [-0.3, -0.25) is 0 Å². The van der Waals surface area contributed by atoms with Crippen LogP contribution in [0.2, 0.25) is 0 Å². The molecule has 1 aliphatic carbocycles. The molecule has 2 rings (SSSR count). The van der Waals surface area contributed by atoms with Crippen LogP contribution in [-0.4, -0.2) is 22.5 Å². The van der Waals surface area contributed by atoms with Crippen molar-refractivity contribution in [1.29, 1.82) is 0 Å². The van der Waals surface area contributed by atoms with E-state index in [1.165, 1.54) is 18.9 Å². The molecule has 5 heteroatoms. The molecule has 2 atom stereocenters. The smallest absolute Gasteiger partial charge is 0.166 e. The van der Waals surface area contributed by atoms with E-state index in [0.717, 1.165) is 12.8 Å². The summed E-state index contributed by atoms with van der Waals surface area (Å²) in [5.74, 6) is 0.0885. The monoisotopic (exact) mass is 318 g/mol. The van der Waals surface area contributed by atoms with Crippen LogP contribution in [-0.2, 0) is 0 Å². The molecule has 1 saturated carbocycles. The van der Waals surface area contributed by atoms with E-state index in [-0.39, 0.29) is 5.82 Å². The predicted octanol–water partition coefficient (Wildman–Crippen LogP) is 4.07. The van der Waals surface area contributed by atoms with Gasteiger partial charge in [0.25, 0.3) is 0 Å². The lowest BCUT2D eigenvalue weighted by Crippen LogP contribution is -2.29. The first kappa shape index (κ1) is 13.1. The van der Waals surface area contributed by atoms with Crippen molar-refractivity contribution in [2.75, 3.05) is 11.6 Å². The topological polar surface area (TPSA) is 24.9 Å². The molecule has 1 N–H and O–H groups in total. The Labute approximate surface area is 114 Å². The lowest BCUT2D eigenvalue weighted by atomic mass is 9.95. The molecule has 2 nitrogen and oxygen atoms in total. The molecular weight excluding hydrogens is 303 g/mol. The Morgan fingerprint density at radius 3 is 3.06 bits per heavy atom. The minimum atomic E-state index is -0.286. The molecule has 0 aliphatic heterocycles. The number of aromatic nitrogens is 1. The van der Waals surface area contributed by atoms with Crippen LogP contribution >= 0.6 is 27.7 Å². The van der Waals surface area contributed by atoms with Crippen molar-refractivity contribution in [3.05, 3.63) is 22.6 Å². The van der Waals surface area contributed by atoms with Gasteiger partial charge in [0.1, 0.15) is 0 Å². The molecule has 0 amide bonds. The van der Waals surface area contributed by atoms with Crippen LogP contribution in [0.25, 0.3) is 0 Å². The largest absolute Gasteiger partial charge is 0.365 e. The molecular formula is C12H16BrFN2S. The molecule has 0 saturated heterocycles. The second-order valence-corrected chi connectivity index (χ2v) is 6.40. The zero-order chi connectivity index (χ0) is 12.3. The molecule has 1 aliphatic rings. The molecule has 0 aromatic carbocycles. The molecule has 0 radical (unpaired) electrons. The molecule has 2 unspecified atom stereocenters. The Kier molecular flexibility index (Phi) is 4.68. The highest BCUT2D eigenvalue weighted by atomic mass is 79.9. The summed E-state index contributed by atoms with van der Waals surface area (Å²) >= 11 is 5.11. The first-order valence-electron chi connectivity index (χ1n) is 5.79. The van der Waals surface area contributed by atoms with Crippen LogP contribution in [0.5, 0.6) is 0 Å². The summed E-state index contributed by atoms with van der Waals surface area (Å²) in [6.45, 7) is 0. The lowest BCUT2D eigenvalue weighted by molar-refractivity contribution is 0.470. The van der Waals surface area contributed by atoms with E-state index in [0.29, 0.717) is 21.6 Å². The van der Waals surface area contributed by atoms with Gasteiger partial charge in [0, 0.05) is 22.0 Å². The van der Waals surface area contributed by atoms with E-state index in [2.05, 4.69) is 32.5 Å². The normalized spacial score (nSPS) is 24.6. The van der Waals surface area contributed by atoms with E-state index in [4.69, 9.17) is 0 Å². The molecule has 1 heterocycles. The highest BCUT2D eigenvalue weighted by Crippen LogP contribution is 2.29. The summed E-state index contributed by atoms with van der Waals surface area (Å²) in [5, 5.41) is 3.91. The second-order valence-electron chi connectivity index (χ2n) is 4.35. The van der Waals surface area contributed by atoms with Gasteiger partial charge in [-0.05, 0) is 47.5 Å². The van der Waals surface area contributed by atoms with Gasteiger partial charge >= 0.3 is 0 Å². The number of pyridine rings is 1. The first-order valence-corrected chi connectivity index (χ1v) is 7.87. The van der Waals surface area contributed by atoms with Gasteiger partial charge in [-0.2, -0.15) is 11.8 Å². The summed E-state index contributed by atoms with van der Waals surface area (Å²) in [4.78, 5) is 4.08. The Bertz CT molecular complexity index is 389. The van der Waals surface area contributed by atoms with Crippen LogP contribution < -0.4 is 5.32 Å². The number of thioether (sulfide) groups is 1. The van der Waals surface area contributed by atoms with Gasteiger partial charge in [0.05, 0.1) is 0 Å². The highest BCUT2D eigenvalue weighted by Gasteiger charge is 2.22. The third-order valence-corrected chi connectivity index (χ3v) is 4.64. The quantitative estimate of drug-likeness (QED) is 0.909. The van der Waals surface area contributed by atoms with Crippen molar-refractivity contribution >= 4 is 33.5 Å². The highest BCUT2D eigenvalue weighted by molar-refractivity contribution is 9.10. The van der Waals surface area contributed by atoms with E-state index < -0.39 is 0 Å². The average molecular weight is 319 g/mol. The third-order valence-electron chi connectivity index (χ3n) is 3.11. The van der Waals surface area contributed by atoms with Crippen molar-refractivity contribution in [2.45, 2.75) is 37.0 Å². The molecule has 0 bridgehead atoms. The second kappa shape index (κ2) is 6.05. The Balaban J connectivity index is 2.00. The minimum absolute atomic E-state index is 0.286. The van der Waals surface area contributed by atoms with Crippen molar-refractivity contribution < 1.29 is 4.39 Å². The van der Waals surface area contributed by atoms with Crippen molar-refractivity contribution in [1.82, 2.24) is 4.98 Å². The van der Waals surface area contributed by atoms with Crippen molar-refractivity contribution in [3.63, 3.8) is 0 Å². The van der Waals surface area contributed by atoms with Gasteiger partial charge in [-0.15, -0.1) is 0 Å². The SMILES string of the molecule is CSC1CCCC(Nc2ncc(Br)cc2F)C1. The molecule has 1 aromatic heterocycles. The summed E-state index contributed by atoms with van der Waals surface area (Å²) in [5.41, 5.74) is 0. The first-order chi connectivity index (χ1) is 8.19. The Morgan fingerprint density at radius 2 is 2.35 bits per heavy atom. The maximum atomic E-state index is 13.6. The molecule has 17 heavy (non-hydrogen) atoms. The average Bonchev–Trinajstić information content (AvgIpc) is 2.33. The minimum Gasteiger partial charge on any atom is -0.365 e. The Morgan fingerprint density at radius 1 is 1.53 bits per heavy atom. The summed E-state index contributed by atoms with van der Waals surface area (Å²) in [7, 11) is 0. The van der Waals surface area contributed by atoms with E-state index in [9.17, 15) is 4.39 Å². The fraction of sp³-hybridized carbons (Fsp3) is 0.583. The van der Waals surface area contributed by atoms with Gasteiger partial charge < -0.3 is 5.32 Å². The van der Waals surface area contributed by atoms with E-state index >= 15 is 0 Å². The number of rotatable bonds is 3. The zero-order valence-corrected chi connectivity index (χ0v) is 12.2. The summed E-state index contributed by atoms with van der Waals surface area (Å²) in [6.07, 6.45) is 8.45. The van der Waals surface area contributed by atoms with Crippen molar-refractivity contribution in [2.24, 2.45) is 0 Å². The van der Waals surface area contributed by atoms with Crippen LogP contribution in [0, 0.1) is 5.82 Å². The predicted molar refractivity (Wildman–Crippen MR) is 75.1 cm³/mol. The van der Waals surface area contributed by atoms with Gasteiger partial charge in [0.15, 0.2) is 11.6 Å². The standard InChI is InChI=1S/C12H16BrFN2S/c1-17-10-4-2-3-9(6-10)16-12-11(14)5-8(13)7-15-12/h5,7,9-10H,2-4,6H2,1H3,(H,15,16). The fourth-order valence-electron chi connectivity index (χ4n) is 2.20. The van der Waals surface area contributed by atoms with Crippen LogP contribution in [0.1, 0.15) is 25.7 Å². The number of anilines is 1. The maximum absolute atomic E-state index is 13.6. The zero-order valence-electron chi connectivity index (χ0n) is 9.75. The number of hydrogen-bond donors (Lipinski definition) is 1.